The first kappa shape index (κ1) is 21.9. The van der Waals surface area contributed by atoms with E-state index in [0.717, 1.165) is 4.31 Å². The smallest absolute Gasteiger partial charge is 0.264 e. The third-order valence-corrected chi connectivity index (χ3v) is 6.61. The van der Waals surface area contributed by atoms with Gasteiger partial charge in [-0.25, -0.2) is 8.42 Å². The summed E-state index contributed by atoms with van der Waals surface area (Å²) in [7, 11) is -2.40. The van der Waals surface area contributed by atoms with E-state index in [2.05, 4.69) is 10.4 Å². The molecule has 1 heterocycles. The van der Waals surface area contributed by atoms with Crippen LogP contribution in [0.4, 0.5) is 5.69 Å². The maximum Gasteiger partial charge on any atom is 0.264 e. The van der Waals surface area contributed by atoms with Crippen LogP contribution < -0.4 is 9.62 Å². The number of nitrogens with one attached hydrogen (secondary N) is 1. The van der Waals surface area contributed by atoms with Gasteiger partial charge in [0, 0.05) is 43.1 Å². The van der Waals surface area contributed by atoms with Crippen LogP contribution >= 0.6 is 11.6 Å². The van der Waals surface area contributed by atoms with Crippen LogP contribution in [0.1, 0.15) is 17.3 Å². The van der Waals surface area contributed by atoms with Crippen molar-refractivity contribution in [3.8, 4) is 0 Å². The van der Waals surface area contributed by atoms with Crippen molar-refractivity contribution >= 4 is 33.2 Å². The van der Waals surface area contributed by atoms with Crippen molar-refractivity contribution < 1.29 is 13.2 Å². The van der Waals surface area contributed by atoms with Gasteiger partial charge in [-0.2, -0.15) is 5.10 Å². The number of rotatable bonds is 8. The number of hydrogen-bond donors (Lipinski definition) is 1. The number of carbonyl (C=O) groups excluding carboxylic acids is 1. The number of hydrogen-bond acceptors (Lipinski definition) is 4. The van der Waals surface area contributed by atoms with E-state index in [4.69, 9.17) is 11.6 Å². The van der Waals surface area contributed by atoms with E-state index in [0.29, 0.717) is 23.8 Å². The number of carbonyl (C=O) groups is 1. The predicted molar refractivity (Wildman–Crippen MR) is 117 cm³/mol. The lowest BCUT2D eigenvalue weighted by Gasteiger charge is -2.20. The summed E-state index contributed by atoms with van der Waals surface area (Å²) in [6, 6.07) is 14.4. The topological polar surface area (TPSA) is 84.3 Å². The van der Waals surface area contributed by atoms with Crippen LogP contribution in [0.15, 0.2) is 71.9 Å². The minimum Gasteiger partial charge on any atom is -0.352 e. The Kier molecular flexibility index (Phi) is 6.79. The van der Waals surface area contributed by atoms with Crippen LogP contribution in [0.3, 0.4) is 0 Å². The van der Waals surface area contributed by atoms with E-state index >= 15 is 0 Å². The molecule has 9 heteroatoms. The van der Waals surface area contributed by atoms with Gasteiger partial charge in [0.1, 0.15) is 0 Å². The number of anilines is 1. The fourth-order valence-electron chi connectivity index (χ4n) is 2.93. The standard InChI is InChI=1S/C21H23ClN4O3S/c1-16(15-26-11-5-10-24-26)14-23-21(27)17-6-3-9-20(12-17)30(28,29)25(2)19-8-4-7-18(22)13-19/h3-13,16H,14-15H2,1-2H3,(H,23,27). The Labute approximate surface area is 181 Å². The largest absolute Gasteiger partial charge is 0.352 e. The third-order valence-electron chi connectivity index (χ3n) is 4.60. The predicted octanol–water partition coefficient (Wildman–Crippen LogP) is 3.43. The second-order valence-corrected chi connectivity index (χ2v) is 9.43. The molecule has 0 saturated carbocycles. The van der Waals surface area contributed by atoms with Crippen LogP contribution in [-0.2, 0) is 16.6 Å². The lowest BCUT2D eigenvalue weighted by molar-refractivity contribution is 0.0946. The zero-order valence-corrected chi connectivity index (χ0v) is 18.3. The average Bonchev–Trinajstić information content (AvgIpc) is 3.24. The summed E-state index contributed by atoms with van der Waals surface area (Å²) in [5, 5.41) is 7.44. The molecule has 1 atom stereocenters. The number of nitrogens with zero attached hydrogens (tertiary/aromatic N) is 3. The van der Waals surface area contributed by atoms with Gasteiger partial charge in [0.15, 0.2) is 0 Å². The van der Waals surface area contributed by atoms with Crippen molar-refractivity contribution in [2.24, 2.45) is 5.92 Å². The SMILES string of the molecule is CC(CNC(=O)c1cccc(S(=O)(=O)N(C)c2cccc(Cl)c2)c1)Cn1cccn1. The monoisotopic (exact) mass is 446 g/mol. The van der Waals surface area contributed by atoms with Crippen LogP contribution in [-0.4, -0.2) is 37.7 Å². The molecule has 1 aromatic heterocycles. The summed E-state index contributed by atoms with van der Waals surface area (Å²) in [6.07, 6.45) is 3.57. The highest BCUT2D eigenvalue weighted by Gasteiger charge is 2.22. The van der Waals surface area contributed by atoms with Gasteiger partial charge in [-0.3, -0.25) is 13.8 Å². The van der Waals surface area contributed by atoms with Gasteiger partial charge in [-0.1, -0.05) is 30.7 Å². The van der Waals surface area contributed by atoms with E-state index in [-0.39, 0.29) is 22.3 Å². The molecular weight excluding hydrogens is 424 g/mol. The van der Waals surface area contributed by atoms with Gasteiger partial charge in [-0.15, -0.1) is 0 Å². The van der Waals surface area contributed by atoms with Crippen LogP contribution in [0.25, 0.3) is 0 Å². The molecule has 0 fully saturated rings. The molecule has 7 nitrogen and oxygen atoms in total. The fourth-order valence-corrected chi connectivity index (χ4v) is 4.35. The van der Waals surface area contributed by atoms with Crippen LogP contribution in [0.5, 0.6) is 0 Å². The Morgan fingerprint density at radius 3 is 2.67 bits per heavy atom. The highest BCUT2D eigenvalue weighted by Crippen LogP contribution is 2.25. The number of aromatic nitrogens is 2. The molecular formula is C21H23ClN4O3S. The van der Waals surface area contributed by atoms with Crippen molar-refractivity contribution in [1.82, 2.24) is 15.1 Å². The molecule has 3 aromatic rings. The highest BCUT2D eigenvalue weighted by atomic mass is 35.5. The van der Waals surface area contributed by atoms with Crippen molar-refractivity contribution in [3.05, 3.63) is 77.6 Å². The van der Waals surface area contributed by atoms with Crippen molar-refractivity contribution in [2.45, 2.75) is 18.4 Å². The van der Waals surface area contributed by atoms with Gasteiger partial charge in [-0.05, 0) is 48.4 Å². The summed E-state index contributed by atoms with van der Waals surface area (Å²) in [5.74, 6) is -0.167. The number of amides is 1. The lowest BCUT2D eigenvalue weighted by Crippen LogP contribution is -2.30. The molecule has 158 valence electrons. The van der Waals surface area contributed by atoms with E-state index in [9.17, 15) is 13.2 Å². The number of benzene rings is 2. The highest BCUT2D eigenvalue weighted by molar-refractivity contribution is 7.92. The van der Waals surface area contributed by atoms with Crippen molar-refractivity contribution in [2.75, 3.05) is 17.9 Å². The zero-order chi connectivity index (χ0) is 21.7. The first-order chi connectivity index (χ1) is 14.3. The van der Waals surface area contributed by atoms with Gasteiger partial charge >= 0.3 is 0 Å². The summed E-state index contributed by atoms with van der Waals surface area (Å²) in [4.78, 5) is 12.6. The second-order valence-electron chi connectivity index (χ2n) is 7.02. The zero-order valence-electron chi connectivity index (χ0n) is 16.7. The Bertz CT molecular complexity index is 1120. The summed E-state index contributed by atoms with van der Waals surface area (Å²) < 4.78 is 29.0. The molecule has 0 aliphatic rings. The Balaban J connectivity index is 1.70. The van der Waals surface area contributed by atoms with Gasteiger partial charge in [0.2, 0.25) is 0 Å². The minimum atomic E-state index is -3.85. The van der Waals surface area contributed by atoms with Crippen molar-refractivity contribution in [3.63, 3.8) is 0 Å². The molecule has 1 amide bonds. The number of sulfonamides is 1. The first-order valence-electron chi connectivity index (χ1n) is 9.37. The summed E-state index contributed by atoms with van der Waals surface area (Å²) >= 11 is 5.98. The molecule has 0 saturated heterocycles. The summed E-state index contributed by atoms with van der Waals surface area (Å²) in [6.45, 7) is 3.12. The maximum atomic E-state index is 13.0. The quantitative estimate of drug-likeness (QED) is 0.574. The third kappa shape index (κ3) is 5.20. The Hall–Kier alpha value is -2.84. The van der Waals surface area contributed by atoms with Crippen LogP contribution in [0, 0.1) is 5.92 Å². The average molecular weight is 447 g/mol. The molecule has 0 aliphatic heterocycles. The second kappa shape index (κ2) is 9.32. The Morgan fingerprint density at radius 1 is 1.20 bits per heavy atom. The normalized spacial score (nSPS) is 12.4. The molecule has 0 radical (unpaired) electrons. The molecule has 3 rings (SSSR count). The number of halogens is 1. The van der Waals surface area contributed by atoms with Gasteiger partial charge < -0.3 is 5.32 Å². The van der Waals surface area contributed by atoms with Crippen LogP contribution in [0.2, 0.25) is 5.02 Å². The molecule has 30 heavy (non-hydrogen) atoms. The van der Waals surface area contributed by atoms with E-state index < -0.39 is 10.0 Å². The van der Waals surface area contributed by atoms with E-state index in [1.165, 1.54) is 19.2 Å². The Morgan fingerprint density at radius 2 is 1.97 bits per heavy atom. The molecule has 0 spiro atoms. The molecule has 2 aromatic carbocycles. The molecule has 0 bridgehead atoms. The lowest BCUT2D eigenvalue weighted by atomic mass is 10.1. The first-order valence-corrected chi connectivity index (χ1v) is 11.2. The van der Waals surface area contributed by atoms with E-state index in [1.807, 2.05) is 19.2 Å². The van der Waals surface area contributed by atoms with Crippen molar-refractivity contribution in [1.29, 1.82) is 0 Å². The minimum absolute atomic E-state index is 0.0298. The van der Waals surface area contributed by atoms with E-state index in [1.54, 1.807) is 47.3 Å². The molecule has 0 aliphatic carbocycles. The summed E-state index contributed by atoms with van der Waals surface area (Å²) in [5.41, 5.74) is 0.714. The molecule has 1 N–H and O–H groups in total. The van der Waals surface area contributed by atoms with Gasteiger partial charge in [0.25, 0.3) is 15.9 Å². The molecule has 1 unspecified atom stereocenters. The fraction of sp³-hybridized carbons (Fsp3) is 0.238. The van der Waals surface area contributed by atoms with Gasteiger partial charge in [0.05, 0.1) is 10.6 Å². The maximum absolute atomic E-state index is 13.0.